The van der Waals surface area contributed by atoms with Gasteiger partial charge in [-0.05, 0) is 13.3 Å². The zero-order valence-corrected chi connectivity index (χ0v) is 13.4. The van der Waals surface area contributed by atoms with Crippen LogP contribution in [0, 0.1) is 0 Å². The van der Waals surface area contributed by atoms with Crippen molar-refractivity contribution < 1.29 is 9.53 Å². The number of nitrogens with zero attached hydrogens (tertiary/aromatic N) is 3. The van der Waals surface area contributed by atoms with Crippen LogP contribution in [0.15, 0.2) is 0 Å². The van der Waals surface area contributed by atoms with E-state index in [0.717, 1.165) is 44.2 Å². The van der Waals surface area contributed by atoms with Crippen molar-refractivity contribution in [1.82, 2.24) is 20.4 Å². The molecule has 1 fully saturated rings. The fourth-order valence-electron chi connectivity index (χ4n) is 2.15. The lowest BCUT2D eigenvalue weighted by Gasteiger charge is -2.32. The van der Waals surface area contributed by atoms with Gasteiger partial charge in [-0.25, -0.2) is 4.79 Å². The molecule has 1 aliphatic rings. The number of rotatable bonds is 6. The van der Waals surface area contributed by atoms with E-state index in [1.165, 1.54) is 11.3 Å². The lowest BCUT2D eigenvalue weighted by Crippen LogP contribution is -2.47. The number of amides is 2. The highest BCUT2D eigenvalue weighted by Gasteiger charge is 2.17. The fourth-order valence-corrected chi connectivity index (χ4v) is 2.98. The van der Waals surface area contributed by atoms with Crippen molar-refractivity contribution in [1.29, 1.82) is 0 Å². The Morgan fingerprint density at radius 1 is 1.43 bits per heavy atom. The van der Waals surface area contributed by atoms with Gasteiger partial charge < -0.3 is 10.1 Å². The molecule has 2 amide bonds. The average Bonchev–Trinajstić information content (AvgIpc) is 2.93. The van der Waals surface area contributed by atoms with E-state index in [1.807, 2.05) is 0 Å². The second-order valence-corrected chi connectivity index (χ2v) is 6.15. The molecule has 2 rings (SSSR count). The third kappa shape index (κ3) is 5.22. The van der Waals surface area contributed by atoms with E-state index in [9.17, 15) is 4.79 Å². The molecule has 1 aromatic rings. The molecule has 0 saturated carbocycles. The molecule has 8 heteroatoms. The van der Waals surface area contributed by atoms with E-state index in [1.54, 1.807) is 0 Å². The predicted octanol–water partition coefficient (Wildman–Crippen LogP) is 1.33. The first-order chi connectivity index (χ1) is 10.2. The van der Waals surface area contributed by atoms with Crippen molar-refractivity contribution in [3.05, 3.63) is 5.01 Å². The van der Waals surface area contributed by atoms with Gasteiger partial charge in [-0.3, -0.25) is 10.2 Å². The predicted molar refractivity (Wildman–Crippen MR) is 82.8 cm³/mol. The van der Waals surface area contributed by atoms with Gasteiger partial charge in [0.1, 0.15) is 5.01 Å². The minimum absolute atomic E-state index is 0.227. The molecule has 0 radical (unpaired) electrons. The van der Waals surface area contributed by atoms with Crippen LogP contribution in [0.4, 0.5) is 9.93 Å². The van der Waals surface area contributed by atoms with Gasteiger partial charge in [-0.15, -0.1) is 10.2 Å². The zero-order chi connectivity index (χ0) is 15.1. The van der Waals surface area contributed by atoms with Gasteiger partial charge in [0, 0.05) is 32.1 Å². The molecular formula is C13H23N5O2S. The molecule has 7 nitrogen and oxygen atoms in total. The molecule has 0 spiro atoms. The molecule has 2 heterocycles. The quantitative estimate of drug-likeness (QED) is 0.828. The fraction of sp³-hybridized carbons (Fsp3) is 0.769. The number of ether oxygens (including phenoxy) is 1. The average molecular weight is 313 g/mol. The zero-order valence-electron chi connectivity index (χ0n) is 12.6. The van der Waals surface area contributed by atoms with Gasteiger partial charge >= 0.3 is 6.03 Å². The number of anilines is 1. The maximum atomic E-state index is 11.8. The highest BCUT2D eigenvalue weighted by atomic mass is 32.1. The smallest absolute Gasteiger partial charge is 0.321 e. The Balaban J connectivity index is 1.70. The molecule has 0 aromatic carbocycles. The lowest BCUT2D eigenvalue weighted by atomic mass is 10.2. The summed E-state index contributed by atoms with van der Waals surface area (Å²) in [5.74, 6) is 0. The van der Waals surface area contributed by atoms with Crippen LogP contribution >= 0.6 is 11.3 Å². The van der Waals surface area contributed by atoms with Crippen molar-refractivity contribution in [3.8, 4) is 0 Å². The van der Waals surface area contributed by atoms with Gasteiger partial charge in [0.25, 0.3) is 0 Å². The SMILES string of the molecule is CCCc1nnc(NC(=O)NC[C@H](C)N2CCOCC2)s1. The van der Waals surface area contributed by atoms with E-state index >= 15 is 0 Å². The summed E-state index contributed by atoms with van der Waals surface area (Å²) in [6.07, 6.45) is 1.92. The van der Waals surface area contributed by atoms with E-state index in [2.05, 4.69) is 39.6 Å². The number of hydrogen-bond donors (Lipinski definition) is 2. The molecule has 21 heavy (non-hydrogen) atoms. The number of aromatic nitrogens is 2. The number of carbonyl (C=O) groups is 1. The molecule has 0 unspecified atom stereocenters. The number of morpholine rings is 1. The van der Waals surface area contributed by atoms with Crippen LogP contribution in [0.1, 0.15) is 25.3 Å². The minimum Gasteiger partial charge on any atom is -0.379 e. The standard InChI is InChI=1S/C13H23N5O2S/c1-3-4-11-16-17-13(21-11)15-12(19)14-9-10(2)18-5-7-20-8-6-18/h10H,3-9H2,1-2H3,(H2,14,15,17,19)/t10-/m0/s1. The Morgan fingerprint density at radius 2 is 2.19 bits per heavy atom. The first-order valence-corrected chi connectivity index (χ1v) is 8.19. The third-order valence-corrected chi connectivity index (χ3v) is 4.28. The summed E-state index contributed by atoms with van der Waals surface area (Å²) in [7, 11) is 0. The van der Waals surface area contributed by atoms with Crippen LogP contribution in [0.25, 0.3) is 0 Å². The minimum atomic E-state index is -0.227. The second kappa shape index (κ2) is 8.26. The number of urea groups is 1. The number of carbonyl (C=O) groups excluding carboxylic acids is 1. The van der Waals surface area contributed by atoms with Crippen molar-refractivity contribution in [2.45, 2.75) is 32.7 Å². The van der Waals surface area contributed by atoms with E-state index in [0.29, 0.717) is 17.7 Å². The molecule has 1 aliphatic heterocycles. The highest BCUT2D eigenvalue weighted by molar-refractivity contribution is 7.15. The molecular weight excluding hydrogens is 290 g/mol. The summed E-state index contributed by atoms with van der Waals surface area (Å²) in [5, 5.41) is 15.1. The Kier molecular flexibility index (Phi) is 6.34. The Bertz CT molecular complexity index is 448. The number of hydrogen-bond acceptors (Lipinski definition) is 6. The van der Waals surface area contributed by atoms with Gasteiger partial charge in [0.05, 0.1) is 13.2 Å². The second-order valence-electron chi connectivity index (χ2n) is 5.08. The van der Waals surface area contributed by atoms with Crippen LogP contribution < -0.4 is 10.6 Å². The van der Waals surface area contributed by atoms with Crippen LogP contribution in [0.5, 0.6) is 0 Å². The topological polar surface area (TPSA) is 79.4 Å². The summed E-state index contributed by atoms with van der Waals surface area (Å²) < 4.78 is 5.32. The van der Waals surface area contributed by atoms with Crippen molar-refractivity contribution in [3.63, 3.8) is 0 Å². The van der Waals surface area contributed by atoms with Crippen LogP contribution in [-0.4, -0.2) is 60.0 Å². The molecule has 118 valence electrons. The van der Waals surface area contributed by atoms with Gasteiger partial charge in [-0.2, -0.15) is 0 Å². The largest absolute Gasteiger partial charge is 0.379 e. The molecule has 2 N–H and O–H groups in total. The molecule has 1 saturated heterocycles. The van der Waals surface area contributed by atoms with Gasteiger partial charge in [-0.1, -0.05) is 18.3 Å². The summed E-state index contributed by atoms with van der Waals surface area (Å²) >= 11 is 1.43. The summed E-state index contributed by atoms with van der Waals surface area (Å²) in [5.41, 5.74) is 0. The van der Waals surface area contributed by atoms with Crippen molar-refractivity contribution in [2.24, 2.45) is 0 Å². The van der Waals surface area contributed by atoms with E-state index in [-0.39, 0.29) is 6.03 Å². The maximum absolute atomic E-state index is 11.8. The summed E-state index contributed by atoms with van der Waals surface area (Å²) in [6.45, 7) is 8.17. The monoisotopic (exact) mass is 313 g/mol. The molecule has 1 aromatic heterocycles. The highest BCUT2D eigenvalue weighted by Crippen LogP contribution is 2.16. The van der Waals surface area contributed by atoms with Gasteiger partial charge in [0.15, 0.2) is 0 Å². The first kappa shape index (κ1) is 16.1. The Morgan fingerprint density at radius 3 is 2.90 bits per heavy atom. The van der Waals surface area contributed by atoms with Crippen molar-refractivity contribution >= 4 is 22.5 Å². The summed E-state index contributed by atoms with van der Waals surface area (Å²) in [4.78, 5) is 14.2. The van der Waals surface area contributed by atoms with E-state index < -0.39 is 0 Å². The Labute approximate surface area is 129 Å². The first-order valence-electron chi connectivity index (χ1n) is 7.38. The Hall–Kier alpha value is -1.25. The third-order valence-electron chi connectivity index (χ3n) is 3.38. The van der Waals surface area contributed by atoms with Crippen LogP contribution in [0.3, 0.4) is 0 Å². The molecule has 0 aliphatic carbocycles. The molecule has 0 bridgehead atoms. The van der Waals surface area contributed by atoms with Crippen LogP contribution in [-0.2, 0) is 11.2 Å². The normalized spacial score (nSPS) is 17.4. The van der Waals surface area contributed by atoms with Crippen molar-refractivity contribution in [2.75, 3.05) is 38.2 Å². The van der Waals surface area contributed by atoms with E-state index in [4.69, 9.17) is 4.74 Å². The lowest BCUT2D eigenvalue weighted by molar-refractivity contribution is 0.0209. The summed E-state index contributed by atoms with van der Waals surface area (Å²) in [6, 6.07) is 0.0685. The maximum Gasteiger partial charge on any atom is 0.321 e. The number of nitrogens with one attached hydrogen (secondary N) is 2. The molecule has 1 atom stereocenters. The number of aryl methyl sites for hydroxylation is 1. The van der Waals surface area contributed by atoms with Crippen LogP contribution in [0.2, 0.25) is 0 Å². The van der Waals surface area contributed by atoms with Gasteiger partial charge in [0.2, 0.25) is 5.13 Å².